The van der Waals surface area contributed by atoms with Crippen LogP contribution in [0, 0.1) is 5.92 Å². The largest absolute Gasteiger partial charge is 0.492 e. The van der Waals surface area contributed by atoms with Crippen molar-refractivity contribution in [2.75, 3.05) is 24.6 Å². The Kier molecular flexibility index (Phi) is 5.11. The monoisotopic (exact) mass is 312 g/mol. The second-order valence-corrected chi connectivity index (χ2v) is 7.86. The average Bonchev–Trinajstić information content (AvgIpc) is 2.40. The van der Waals surface area contributed by atoms with Gasteiger partial charge in [0.2, 0.25) is 10.0 Å². The molecule has 2 atom stereocenters. The van der Waals surface area contributed by atoms with E-state index < -0.39 is 10.0 Å². The fourth-order valence-electron chi connectivity index (χ4n) is 2.75. The van der Waals surface area contributed by atoms with Gasteiger partial charge in [0.1, 0.15) is 12.4 Å². The Labute approximate surface area is 127 Å². The number of nitrogens with two attached hydrogens (primary N) is 1. The smallest absolute Gasteiger partial charge is 0.217 e. The fourth-order valence-corrected chi connectivity index (χ4v) is 4.29. The van der Waals surface area contributed by atoms with Crippen molar-refractivity contribution in [3.8, 4) is 5.75 Å². The number of nitrogens with zero attached hydrogens (tertiary/aromatic N) is 1. The zero-order chi connectivity index (χ0) is 15.5. The SMILES string of the molecule is CC1CCN(S(=O)(=O)CCOc2ccc(N)cc2)C(C)C1. The van der Waals surface area contributed by atoms with Crippen LogP contribution in [0.15, 0.2) is 24.3 Å². The van der Waals surface area contributed by atoms with E-state index in [1.54, 1.807) is 28.6 Å². The van der Waals surface area contributed by atoms with Gasteiger partial charge in [0.15, 0.2) is 0 Å². The van der Waals surface area contributed by atoms with Gasteiger partial charge >= 0.3 is 0 Å². The van der Waals surface area contributed by atoms with Crippen LogP contribution in [0.25, 0.3) is 0 Å². The third-order valence-corrected chi connectivity index (χ3v) is 5.86. The lowest BCUT2D eigenvalue weighted by atomic mass is 9.95. The van der Waals surface area contributed by atoms with Crippen molar-refractivity contribution in [3.05, 3.63) is 24.3 Å². The van der Waals surface area contributed by atoms with Gasteiger partial charge in [-0.3, -0.25) is 0 Å². The number of nitrogen functional groups attached to an aromatic ring is 1. The molecule has 0 bridgehead atoms. The fraction of sp³-hybridized carbons (Fsp3) is 0.600. The molecule has 1 aromatic rings. The van der Waals surface area contributed by atoms with Crippen LogP contribution >= 0.6 is 0 Å². The van der Waals surface area contributed by atoms with E-state index in [1.807, 2.05) is 6.92 Å². The highest BCUT2D eigenvalue weighted by Gasteiger charge is 2.31. The highest BCUT2D eigenvalue weighted by Crippen LogP contribution is 2.24. The molecule has 118 valence electrons. The van der Waals surface area contributed by atoms with E-state index in [2.05, 4.69) is 6.92 Å². The first-order valence-electron chi connectivity index (χ1n) is 7.36. The molecule has 0 amide bonds. The topological polar surface area (TPSA) is 72.6 Å². The molecule has 2 rings (SSSR count). The first kappa shape index (κ1) is 16.1. The molecule has 2 unspecified atom stereocenters. The molecule has 0 aromatic heterocycles. The van der Waals surface area contributed by atoms with Crippen molar-refractivity contribution in [2.24, 2.45) is 5.92 Å². The van der Waals surface area contributed by atoms with Crippen LogP contribution in [0.5, 0.6) is 5.75 Å². The van der Waals surface area contributed by atoms with Crippen molar-refractivity contribution in [3.63, 3.8) is 0 Å². The molecular weight excluding hydrogens is 288 g/mol. The predicted molar refractivity (Wildman–Crippen MR) is 84.7 cm³/mol. The number of rotatable bonds is 5. The summed E-state index contributed by atoms with van der Waals surface area (Å²) in [5.74, 6) is 1.24. The molecule has 1 saturated heterocycles. The van der Waals surface area contributed by atoms with Crippen molar-refractivity contribution in [1.82, 2.24) is 4.31 Å². The van der Waals surface area contributed by atoms with Gasteiger partial charge in [-0.25, -0.2) is 8.42 Å². The van der Waals surface area contributed by atoms with Gasteiger partial charge in [-0.1, -0.05) is 6.92 Å². The van der Waals surface area contributed by atoms with Gasteiger partial charge in [0, 0.05) is 18.3 Å². The standard InChI is InChI=1S/C15H24N2O3S/c1-12-7-8-17(13(2)11-12)21(18,19)10-9-20-15-5-3-14(16)4-6-15/h3-6,12-13H,7-11,16H2,1-2H3. The molecule has 6 heteroatoms. The van der Waals surface area contributed by atoms with E-state index >= 15 is 0 Å². The van der Waals surface area contributed by atoms with Crippen LogP contribution in [-0.4, -0.2) is 37.7 Å². The second kappa shape index (κ2) is 6.66. The van der Waals surface area contributed by atoms with Crippen molar-refractivity contribution in [2.45, 2.75) is 32.7 Å². The van der Waals surface area contributed by atoms with E-state index in [0.717, 1.165) is 12.8 Å². The summed E-state index contributed by atoms with van der Waals surface area (Å²) < 4.78 is 31.9. The van der Waals surface area contributed by atoms with E-state index in [1.165, 1.54) is 0 Å². The maximum absolute atomic E-state index is 12.4. The molecule has 0 saturated carbocycles. The summed E-state index contributed by atoms with van der Waals surface area (Å²) >= 11 is 0. The zero-order valence-electron chi connectivity index (χ0n) is 12.7. The van der Waals surface area contributed by atoms with Crippen molar-refractivity contribution in [1.29, 1.82) is 0 Å². The van der Waals surface area contributed by atoms with Gasteiger partial charge in [0.05, 0.1) is 5.75 Å². The lowest BCUT2D eigenvalue weighted by Gasteiger charge is -2.35. The van der Waals surface area contributed by atoms with Crippen LogP contribution in [0.2, 0.25) is 0 Å². The molecule has 1 heterocycles. The Morgan fingerprint density at radius 1 is 1.29 bits per heavy atom. The molecule has 21 heavy (non-hydrogen) atoms. The minimum atomic E-state index is -3.25. The molecule has 1 aromatic carbocycles. The number of ether oxygens (including phenoxy) is 1. The summed E-state index contributed by atoms with van der Waals surface area (Å²) in [4.78, 5) is 0. The number of hydrogen-bond acceptors (Lipinski definition) is 4. The molecule has 2 N–H and O–H groups in total. The molecule has 5 nitrogen and oxygen atoms in total. The third-order valence-electron chi connectivity index (χ3n) is 3.92. The van der Waals surface area contributed by atoms with Gasteiger partial charge in [0.25, 0.3) is 0 Å². The van der Waals surface area contributed by atoms with Crippen LogP contribution in [0.4, 0.5) is 5.69 Å². The quantitative estimate of drug-likeness (QED) is 0.845. The van der Waals surface area contributed by atoms with E-state index in [9.17, 15) is 8.42 Å². The van der Waals surface area contributed by atoms with Gasteiger partial charge in [-0.05, 0) is 49.9 Å². The van der Waals surface area contributed by atoms with Gasteiger partial charge < -0.3 is 10.5 Å². The van der Waals surface area contributed by atoms with Crippen LogP contribution in [0.1, 0.15) is 26.7 Å². The normalized spacial score (nSPS) is 23.9. The van der Waals surface area contributed by atoms with E-state index in [0.29, 0.717) is 23.9 Å². The molecule has 1 aliphatic rings. The Morgan fingerprint density at radius 2 is 1.95 bits per heavy atom. The summed E-state index contributed by atoms with van der Waals surface area (Å²) in [6, 6.07) is 7.03. The third kappa shape index (κ3) is 4.35. The summed E-state index contributed by atoms with van der Waals surface area (Å²) in [6.07, 6.45) is 1.86. The minimum absolute atomic E-state index is 0.0100. The average molecular weight is 312 g/mol. The maximum Gasteiger partial charge on any atom is 0.217 e. The number of hydrogen-bond donors (Lipinski definition) is 1. The molecule has 1 aliphatic heterocycles. The Balaban J connectivity index is 1.88. The minimum Gasteiger partial charge on any atom is -0.492 e. The first-order chi connectivity index (χ1) is 9.88. The Bertz CT molecular complexity index is 557. The predicted octanol–water partition coefficient (Wildman–Crippen LogP) is 2.10. The summed E-state index contributed by atoms with van der Waals surface area (Å²) in [5, 5.41) is 0. The Hall–Kier alpha value is -1.27. The molecule has 0 radical (unpaired) electrons. The van der Waals surface area contributed by atoms with Gasteiger partial charge in [-0.15, -0.1) is 0 Å². The first-order valence-corrected chi connectivity index (χ1v) is 8.97. The number of sulfonamides is 1. The van der Waals surface area contributed by atoms with E-state index in [-0.39, 0.29) is 18.4 Å². The summed E-state index contributed by atoms with van der Waals surface area (Å²) in [5.41, 5.74) is 6.25. The molecule has 0 aliphatic carbocycles. The Morgan fingerprint density at radius 3 is 2.57 bits per heavy atom. The van der Waals surface area contributed by atoms with Crippen molar-refractivity contribution < 1.29 is 13.2 Å². The summed E-state index contributed by atoms with van der Waals surface area (Å²) in [6.45, 7) is 4.93. The highest BCUT2D eigenvalue weighted by atomic mass is 32.2. The van der Waals surface area contributed by atoms with Crippen LogP contribution < -0.4 is 10.5 Å². The zero-order valence-corrected chi connectivity index (χ0v) is 13.5. The van der Waals surface area contributed by atoms with E-state index in [4.69, 9.17) is 10.5 Å². The molecule has 0 spiro atoms. The van der Waals surface area contributed by atoms with Crippen LogP contribution in [0.3, 0.4) is 0 Å². The molecule has 1 fully saturated rings. The van der Waals surface area contributed by atoms with Gasteiger partial charge in [-0.2, -0.15) is 4.31 Å². The lowest BCUT2D eigenvalue weighted by Crippen LogP contribution is -2.45. The summed E-state index contributed by atoms with van der Waals surface area (Å²) in [7, 11) is -3.25. The van der Waals surface area contributed by atoms with Crippen molar-refractivity contribution >= 4 is 15.7 Å². The number of anilines is 1. The second-order valence-electron chi connectivity index (χ2n) is 5.82. The van der Waals surface area contributed by atoms with Crippen LogP contribution in [-0.2, 0) is 10.0 Å². The molecular formula is C15H24N2O3S. The maximum atomic E-state index is 12.4. The lowest BCUT2D eigenvalue weighted by molar-refractivity contribution is 0.218. The number of piperidine rings is 1. The highest BCUT2D eigenvalue weighted by molar-refractivity contribution is 7.89. The number of benzene rings is 1.